The second kappa shape index (κ2) is 12.0. The van der Waals surface area contributed by atoms with Gasteiger partial charge in [0, 0.05) is 38.4 Å². The average Bonchev–Trinajstić information content (AvgIpc) is 2.87. The molecule has 1 saturated heterocycles. The summed E-state index contributed by atoms with van der Waals surface area (Å²) in [5.41, 5.74) is 5.77. The predicted molar refractivity (Wildman–Crippen MR) is 134 cm³/mol. The lowest BCUT2D eigenvalue weighted by atomic mass is 10.0. The third-order valence-corrected chi connectivity index (χ3v) is 6.26. The Bertz CT molecular complexity index is 1010. The molecule has 0 bridgehead atoms. The van der Waals surface area contributed by atoms with Crippen molar-refractivity contribution in [2.24, 2.45) is 0 Å². The second-order valence-corrected chi connectivity index (χ2v) is 8.74. The van der Waals surface area contributed by atoms with Crippen LogP contribution in [-0.4, -0.2) is 49.8 Å². The minimum absolute atomic E-state index is 0.290. The lowest BCUT2D eigenvalue weighted by Crippen LogP contribution is -2.42. The van der Waals surface area contributed by atoms with Crippen LogP contribution in [0.1, 0.15) is 34.0 Å². The first-order valence-electron chi connectivity index (χ1n) is 11.9. The highest BCUT2D eigenvalue weighted by Crippen LogP contribution is 2.27. The molecular formula is C28H35N3O3. The Hall–Kier alpha value is -2.93. The van der Waals surface area contributed by atoms with Crippen molar-refractivity contribution in [3.63, 3.8) is 0 Å². The molecule has 180 valence electrons. The van der Waals surface area contributed by atoms with Crippen molar-refractivity contribution in [3.05, 3.63) is 88.7 Å². The van der Waals surface area contributed by atoms with Crippen LogP contribution < -0.4 is 14.8 Å². The molecule has 0 aliphatic carbocycles. The van der Waals surface area contributed by atoms with E-state index in [4.69, 9.17) is 14.2 Å². The van der Waals surface area contributed by atoms with Crippen LogP contribution in [-0.2, 0) is 17.9 Å². The summed E-state index contributed by atoms with van der Waals surface area (Å²) in [7, 11) is 1.70. The summed E-state index contributed by atoms with van der Waals surface area (Å²) in [6, 6.07) is 19.0. The lowest BCUT2D eigenvalue weighted by molar-refractivity contribution is 0.0161. The fourth-order valence-electron chi connectivity index (χ4n) is 4.53. The van der Waals surface area contributed by atoms with Crippen LogP contribution in [0.4, 0.5) is 0 Å². The topological polar surface area (TPSA) is 55.8 Å². The molecule has 34 heavy (non-hydrogen) atoms. The largest absolute Gasteiger partial charge is 0.497 e. The van der Waals surface area contributed by atoms with Crippen molar-refractivity contribution in [2.45, 2.75) is 33.0 Å². The molecule has 1 fully saturated rings. The van der Waals surface area contributed by atoms with Gasteiger partial charge in [0.25, 0.3) is 0 Å². The zero-order valence-electron chi connectivity index (χ0n) is 20.4. The van der Waals surface area contributed by atoms with Crippen LogP contribution in [0.25, 0.3) is 0 Å². The van der Waals surface area contributed by atoms with Crippen LogP contribution in [0.2, 0.25) is 0 Å². The summed E-state index contributed by atoms with van der Waals surface area (Å²) >= 11 is 0. The Morgan fingerprint density at radius 3 is 2.41 bits per heavy atom. The van der Waals surface area contributed by atoms with E-state index in [1.807, 2.05) is 30.3 Å². The van der Waals surface area contributed by atoms with Gasteiger partial charge in [0.1, 0.15) is 18.1 Å². The fraction of sp³-hybridized carbons (Fsp3) is 0.393. The summed E-state index contributed by atoms with van der Waals surface area (Å²) in [5, 5.41) is 3.69. The molecule has 4 rings (SSSR count). The van der Waals surface area contributed by atoms with Gasteiger partial charge in [-0.05, 0) is 60.4 Å². The molecule has 2 heterocycles. The van der Waals surface area contributed by atoms with Gasteiger partial charge in [-0.2, -0.15) is 0 Å². The number of benzene rings is 2. The van der Waals surface area contributed by atoms with Crippen molar-refractivity contribution < 1.29 is 14.2 Å². The van der Waals surface area contributed by atoms with Gasteiger partial charge >= 0.3 is 0 Å². The Labute approximate surface area is 202 Å². The van der Waals surface area contributed by atoms with Gasteiger partial charge in [-0.25, -0.2) is 0 Å². The maximum atomic E-state index is 6.10. The van der Waals surface area contributed by atoms with E-state index < -0.39 is 0 Å². The fourth-order valence-corrected chi connectivity index (χ4v) is 4.53. The number of hydrogen-bond donors (Lipinski definition) is 1. The lowest BCUT2D eigenvalue weighted by Gasteiger charge is -2.35. The molecule has 6 heteroatoms. The highest BCUT2D eigenvalue weighted by molar-refractivity contribution is 5.43. The number of rotatable bonds is 10. The monoisotopic (exact) mass is 461 g/mol. The quantitative estimate of drug-likeness (QED) is 0.482. The second-order valence-electron chi connectivity index (χ2n) is 8.74. The van der Waals surface area contributed by atoms with E-state index in [2.05, 4.69) is 53.3 Å². The molecule has 2 aromatic carbocycles. The summed E-state index contributed by atoms with van der Waals surface area (Å²) in [5.74, 6) is 1.83. The number of nitrogens with zero attached hydrogens (tertiary/aromatic N) is 2. The van der Waals surface area contributed by atoms with Gasteiger partial charge in [-0.3, -0.25) is 9.88 Å². The zero-order valence-corrected chi connectivity index (χ0v) is 20.4. The number of pyridine rings is 1. The molecule has 0 amide bonds. The third-order valence-electron chi connectivity index (χ3n) is 6.26. The number of morpholine rings is 1. The summed E-state index contributed by atoms with van der Waals surface area (Å²) in [4.78, 5) is 6.85. The maximum absolute atomic E-state index is 6.10. The number of nitrogens with one attached hydrogen (secondary N) is 1. The normalized spacial score (nSPS) is 15.1. The molecule has 0 saturated carbocycles. The molecule has 1 N–H and O–H groups in total. The summed E-state index contributed by atoms with van der Waals surface area (Å²) in [6.45, 7) is 9.81. The van der Waals surface area contributed by atoms with Gasteiger partial charge in [0.2, 0.25) is 0 Å². The summed E-state index contributed by atoms with van der Waals surface area (Å²) < 4.78 is 17.0. The molecule has 3 aromatic rings. The van der Waals surface area contributed by atoms with E-state index in [0.717, 1.165) is 67.7 Å². The van der Waals surface area contributed by atoms with Gasteiger partial charge in [0.05, 0.1) is 26.0 Å². The zero-order chi connectivity index (χ0) is 23.8. The van der Waals surface area contributed by atoms with Crippen LogP contribution in [0.3, 0.4) is 0 Å². The minimum atomic E-state index is 0.290. The Kier molecular flexibility index (Phi) is 8.52. The van der Waals surface area contributed by atoms with E-state index in [1.165, 1.54) is 11.1 Å². The molecule has 1 unspecified atom stereocenters. The van der Waals surface area contributed by atoms with E-state index in [-0.39, 0.29) is 6.04 Å². The Balaban J connectivity index is 1.39. The summed E-state index contributed by atoms with van der Waals surface area (Å²) in [6.07, 6.45) is 1.79. The van der Waals surface area contributed by atoms with E-state index in [1.54, 1.807) is 13.3 Å². The Morgan fingerprint density at radius 2 is 1.76 bits per heavy atom. The van der Waals surface area contributed by atoms with Gasteiger partial charge in [0.15, 0.2) is 0 Å². The van der Waals surface area contributed by atoms with E-state index in [9.17, 15) is 0 Å². The van der Waals surface area contributed by atoms with Gasteiger partial charge < -0.3 is 19.5 Å². The third kappa shape index (κ3) is 6.35. The molecular weight excluding hydrogens is 426 g/mol. The van der Waals surface area contributed by atoms with Gasteiger partial charge in [-0.1, -0.05) is 30.3 Å². The molecule has 0 radical (unpaired) electrons. The maximum Gasteiger partial charge on any atom is 0.130 e. The van der Waals surface area contributed by atoms with Crippen molar-refractivity contribution in [3.8, 4) is 11.5 Å². The van der Waals surface area contributed by atoms with Crippen LogP contribution >= 0.6 is 0 Å². The first-order chi connectivity index (χ1) is 16.6. The SMILES string of the molecule is COc1ccc(C(CNCc2cc(C)c(OCc3ccccn3)c(C)c2)N2CCOCC2)cc1. The molecule has 1 aliphatic rings. The first kappa shape index (κ1) is 24.2. The van der Waals surface area contributed by atoms with Crippen LogP contribution in [0, 0.1) is 13.8 Å². The number of aryl methyl sites for hydroxylation is 2. The van der Waals surface area contributed by atoms with Crippen LogP contribution in [0.5, 0.6) is 11.5 Å². The molecule has 1 aliphatic heterocycles. The van der Waals surface area contributed by atoms with Crippen molar-refractivity contribution in [2.75, 3.05) is 40.0 Å². The predicted octanol–water partition coefficient (Wildman–Crippen LogP) is 4.45. The molecule has 1 aromatic heterocycles. The minimum Gasteiger partial charge on any atom is -0.497 e. The highest BCUT2D eigenvalue weighted by Gasteiger charge is 2.22. The van der Waals surface area contributed by atoms with Gasteiger partial charge in [-0.15, -0.1) is 0 Å². The molecule has 6 nitrogen and oxygen atoms in total. The number of methoxy groups -OCH3 is 1. The van der Waals surface area contributed by atoms with Crippen molar-refractivity contribution in [1.82, 2.24) is 15.2 Å². The number of hydrogen-bond acceptors (Lipinski definition) is 6. The average molecular weight is 462 g/mol. The van der Waals surface area contributed by atoms with Crippen molar-refractivity contribution >= 4 is 0 Å². The molecule has 1 atom stereocenters. The highest BCUT2D eigenvalue weighted by atomic mass is 16.5. The van der Waals surface area contributed by atoms with Crippen LogP contribution in [0.15, 0.2) is 60.8 Å². The standard InChI is InChI=1S/C28H35N3O3/c1-21-16-23(17-22(2)28(21)34-20-25-6-4-5-11-30-25)18-29-19-27(31-12-14-33-15-13-31)24-7-9-26(32-3)10-8-24/h4-11,16-17,27,29H,12-15,18-20H2,1-3H3. The van der Waals surface area contributed by atoms with E-state index >= 15 is 0 Å². The van der Waals surface area contributed by atoms with Crippen molar-refractivity contribution in [1.29, 1.82) is 0 Å². The Morgan fingerprint density at radius 1 is 1.03 bits per heavy atom. The molecule has 0 spiro atoms. The number of aromatic nitrogens is 1. The first-order valence-corrected chi connectivity index (χ1v) is 11.9. The number of ether oxygens (including phenoxy) is 3. The van der Waals surface area contributed by atoms with E-state index in [0.29, 0.717) is 6.61 Å². The smallest absolute Gasteiger partial charge is 0.130 e.